The molecular formula is C15H22N4O2S. The maximum Gasteiger partial charge on any atom is 0.279 e. The molecule has 0 unspecified atom stereocenters. The largest absolute Gasteiger partial charge is 0.279 e. The van der Waals surface area contributed by atoms with Crippen molar-refractivity contribution < 1.29 is 8.42 Å². The molecule has 2 aromatic rings. The highest BCUT2D eigenvalue weighted by atomic mass is 32.2. The van der Waals surface area contributed by atoms with Gasteiger partial charge in [-0.25, -0.2) is 9.40 Å². The summed E-state index contributed by atoms with van der Waals surface area (Å²) < 4.78 is 29.8. The number of hydrogen-bond donors (Lipinski definition) is 1. The Morgan fingerprint density at radius 1 is 1.14 bits per heavy atom. The molecule has 0 spiro atoms. The molecule has 0 bridgehead atoms. The molecule has 0 atom stereocenters. The van der Waals surface area contributed by atoms with E-state index < -0.39 is 10.2 Å². The maximum atomic E-state index is 12.0. The summed E-state index contributed by atoms with van der Waals surface area (Å²) in [6.45, 7) is 4.92. The van der Waals surface area contributed by atoms with E-state index in [1.165, 1.54) is 4.31 Å². The molecule has 0 amide bonds. The van der Waals surface area contributed by atoms with Crippen LogP contribution in [0.2, 0.25) is 0 Å². The van der Waals surface area contributed by atoms with Gasteiger partial charge < -0.3 is 0 Å². The van der Waals surface area contributed by atoms with Crippen molar-refractivity contribution in [3.8, 4) is 5.69 Å². The number of benzene rings is 1. The van der Waals surface area contributed by atoms with Gasteiger partial charge in [-0.15, -0.1) is 0 Å². The molecule has 0 radical (unpaired) electrons. The number of nitrogens with one attached hydrogen (secondary N) is 1. The molecule has 0 aliphatic heterocycles. The van der Waals surface area contributed by atoms with E-state index in [0.29, 0.717) is 26.1 Å². The van der Waals surface area contributed by atoms with Gasteiger partial charge in [-0.3, -0.25) is 0 Å². The lowest BCUT2D eigenvalue weighted by Gasteiger charge is -2.18. The number of aromatic nitrogens is 2. The monoisotopic (exact) mass is 322 g/mol. The third kappa shape index (κ3) is 4.16. The summed E-state index contributed by atoms with van der Waals surface area (Å²) in [6.07, 6.45) is 2.43. The van der Waals surface area contributed by atoms with Gasteiger partial charge in [0.1, 0.15) is 0 Å². The SMILES string of the molecule is CCN(CC)S(=O)(=O)NCCc1ccn(-c2ccccc2)n1. The molecule has 7 heteroatoms. The second kappa shape index (κ2) is 7.53. The van der Waals surface area contributed by atoms with Crippen LogP contribution >= 0.6 is 0 Å². The van der Waals surface area contributed by atoms with Gasteiger partial charge in [-0.05, 0) is 18.2 Å². The number of hydrogen-bond acceptors (Lipinski definition) is 3. The zero-order valence-corrected chi connectivity index (χ0v) is 13.8. The average Bonchev–Trinajstić information content (AvgIpc) is 2.98. The fraction of sp³-hybridized carbons (Fsp3) is 0.400. The number of rotatable bonds is 8. The van der Waals surface area contributed by atoms with Crippen LogP contribution in [0.5, 0.6) is 0 Å². The van der Waals surface area contributed by atoms with Crippen LogP contribution < -0.4 is 4.72 Å². The van der Waals surface area contributed by atoms with Crippen LogP contribution in [0, 0.1) is 0 Å². The van der Waals surface area contributed by atoms with Crippen molar-refractivity contribution >= 4 is 10.2 Å². The Morgan fingerprint density at radius 3 is 2.45 bits per heavy atom. The van der Waals surface area contributed by atoms with E-state index in [4.69, 9.17) is 0 Å². The summed E-state index contributed by atoms with van der Waals surface area (Å²) >= 11 is 0. The van der Waals surface area contributed by atoms with E-state index in [9.17, 15) is 8.42 Å². The summed E-state index contributed by atoms with van der Waals surface area (Å²) in [4.78, 5) is 0. The Kier molecular flexibility index (Phi) is 5.70. The van der Waals surface area contributed by atoms with Gasteiger partial charge in [0, 0.05) is 32.3 Å². The molecule has 1 aromatic carbocycles. The first-order valence-electron chi connectivity index (χ1n) is 7.41. The summed E-state index contributed by atoms with van der Waals surface area (Å²) in [6, 6.07) is 11.7. The van der Waals surface area contributed by atoms with E-state index >= 15 is 0 Å². The lowest BCUT2D eigenvalue weighted by Crippen LogP contribution is -2.41. The second-order valence-corrected chi connectivity index (χ2v) is 6.58. The quantitative estimate of drug-likeness (QED) is 0.802. The van der Waals surface area contributed by atoms with Crippen LogP contribution in [0.1, 0.15) is 19.5 Å². The molecule has 1 N–H and O–H groups in total. The Morgan fingerprint density at radius 2 is 1.82 bits per heavy atom. The summed E-state index contributed by atoms with van der Waals surface area (Å²) in [7, 11) is -3.39. The van der Waals surface area contributed by atoms with Crippen molar-refractivity contribution in [2.45, 2.75) is 20.3 Å². The van der Waals surface area contributed by atoms with Crippen molar-refractivity contribution in [2.24, 2.45) is 0 Å². The molecule has 0 saturated heterocycles. The smallest absolute Gasteiger partial charge is 0.241 e. The van der Waals surface area contributed by atoms with Crippen LogP contribution in [-0.4, -0.2) is 42.1 Å². The minimum absolute atomic E-state index is 0.338. The Labute approximate surface area is 131 Å². The van der Waals surface area contributed by atoms with Crippen molar-refractivity contribution in [3.05, 3.63) is 48.3 Å². The highest BCUT2D eigenvalue weighted by Crippen LogP contribution is 2.07. The van der Waals surface area contributed by atoms with Crippen LogP contribution in [0.15, 0.2) is 42.6 Å². The molecule has 120 valence electrons. The Bertz CT molecular complexity index is 679. The molecule has 0 aliphatic carbocycles. The predicted molar refractivity (Wildman–Crippen MR) is 87.1 cm³/mol. The van der Waals surface area contributed by atoms with Gasteiger partial charge in [0.15, 0.2) is 0 Å². The Hall–Kier alpha value is -1.70. The van der Waals surface area contributed by atoms with E-state index in [0.717, 1.165) is 11.4 Å². The first-order valence-corrected chi connectivity index (χ1v) is 8.85. The van der Waals surface area contributed by atoms with Crippen molar-refractivity contribution in [2.75, 3.05) is 19.6 Å². The minimum atomic E-state index is -3.39. The third-order valence-corrected chi connectivity index (χ3v) is 5.14. The molecule has 6 nitrogen and oxygen atoms in total. The number of nitrogens with zero attached hydrogens (tertiary/aromatic N) is 3. The van der Waals surface area contributed by atoms with Crippen LogP contribution in [0.25, 0.3) is 5.69 Å². The summed E-state index contributed by atoms with van der Waals surface area (Å²) in [5.41, 5.74) is 1.84. The van der Waals surface area contributed by atoms with E-state index in [-0.39, 0.29) is 0 Å². The highest BCUT2D eigenvalue weighted by molar-refractivity contribution is 7.87. The lowest BCUT2D eigenvalue weighted by atomic mass is 10.3. The molecule has 0 aliphatic rings. The fourth-order valence-electron chi connectivity index (χ4n) is 2.18. The van der Waals surface area contributed by atoms with Crippen LogP contribution in [0.3, 0.4) is 0 Å². The Balaban J connectivity index is 1.92. The van der Waals surface area contributed by atoms with Gasteiger partial charge in [-0.1, -0.05) is 32.0 Å². The maximum absolute atomic E-state index is 12.0. The zero-order chi connectivity index (χ0) is 16.0. The fourth-order valence-corrected chi connectivity index (χ4v) is 3.40. The molecule has 2 rings (SSSR count). The van der Waals surface area contributed by atoms with Gasteiger partial charge in [-0.2, -0.15) is 17.8 Å². The van der Waals surface area contributed by atoms with Gasteiger partial charge in [0.05, 0.1) is 11.4 Å². The molecule has 1 aromatic heterocycles. The van der Waals surface area contributed by atoms with Gasteiger partial charge >= 0.3 is 0 Å². The average molecular weight is 322 g/mol. The molecule has 1 heterocycles. The van der Waals surface area contributed by atoms with E-state index in [2.05, 4.69) is 9.82 Å². The third-order valence-electron chi connectivity index (χ3n) is 3.38. The van der Waals surface area contributed by atoms with Gasteiger partial charge in [0.2, 0.25) is 0 Å². The van der Waals surface area contributed by atoms with E-state index in [1.807, 2.05) is 56.4 Å². The molecular weight excluding hydrogens is 300 g/mol. The summed E-state index contributed by atoms with van der Waals surface area (Å²) in [5.74, 6) is 0. The first kappa shape index (κ1) is 16.7. The normalized spacial score (nSPS) is 12.0. The van der Waals surface area contributed by atoms with Crippen LogP contribution in [0.4, 0.5) is 0 Å². The molecule has 0 fully saturated rings. The summed E-state index contributed by atoms with van der Waals surface area (Å²) in [5, 5.41) is 4.45. The standard InChI is InChI=1S/C15H22N4O2S/c1-3-18(4-2)22(20,21)16-12-10-14-11-13-19(17-14)15-8-6-5-7-9-15/h5-9,11,13,16H,3-4,10,12H2,1-2H3. The highest BCUT2D eigenvalue weighted by Gasteiger charge is 2.17. The zero-order valence-electron chi connectivity index (χ0n) is 12.9. The van der Waals surface area contributed by atoms with E-state index in [1.54, 1.807) is 4.68 Å². The van der Waals surface area contributed by atoms with Crippen LogP contribution in [-0.2, 0) is 16.6 Å². The first-order chi connectivity index (χ1) is 10.6. The minimum Gasteiger partial charge on any atom is -0.241 e. The van der Waals surface area contributed by atoms with Crippen molar-refractivity contribution in [1.82, 2.24) is 18.8 Å². The van der Waals surface area contributed by atoms with Crippen molar-refractivity contribution in [3.63, 3.8) is 0 Å². The molecule has 22 heavy (non-hydrogen) atoms. The van der Waals surface area contributed by atoms with Gasteiger partial charge in [0.25, 0.3) is 10.2 Å². The molecule has 0 saturated carbocycles. The second-order valence-electron chi connectivity index (χ2n) is 4.82. The van der Waals surface area contributed by atoms with Crippen molar-refractivity contribution in [1.29, 1.82) is 0 Å². The topological polar surface area (TPSA) is 67.2 Å². The predicted octanol–water partition coefficient (Wildman–Crippen LogP) is 1.59. The lowest BCUT2D eigenvalue weighted by molar-refractivity contribution is 0.435. The number of para-hydroxylation sites is 1.